The molecule has 0 atom stereocenters. The van der Waals surface area contributed by atoms with Gasteiger partial charge >= 0.3 is 6.03 Å². The van der Waals surface area contributed by atoms with Crippen molar-refractivity contribution in [2.45, 2.75) is 45.1 Å². The maximum atomic E-state index is 12.8. The number of rotatable bonds is 4. The number of hydrogen-bond donors (Lipinski definition) is 2. The third-order valence-electron chi connectivity index (χ3n) is 6.09. The highest BCUT2D eigenvalue weighted by Gasteiger charge is 2.28. The van der Waals surface area contributed by atoms with E-state index in [2.05, 4.69) is 16.7 Å². The minimum Gasteiger partial charge on any atom is -0.334 e. The predicted octanol–water partition coefficient (Wildman–Crippen LogP) is 4.13. The van der Waals surface area contributed by atoms with Crippen LogP contribution in [0.15, 0.2) is 48.5 Å². The molecule has 0 saturated carbocycles. The number of aryl methyl sites for hydroxylation is 1. The average molecular weight is 392 g/mol. The van der Waals surface area contributed by atoms with Gasteiger partial charge in [-0.05, 0) is 61.3 Å². The number of benzene rings is 2. The van der Waals surface area contributed by atoms with Gasteiger partial charge in [-0.1, -0.05) is 42.5 Å². The van der Waals surface area contributed by atoms with Gasteiger partial charge in [0, 0.05) is 31.2 Å². The van der Waals surface area contributed by atoms with Gasteiger partial charge in [0.25, 0.3) is 0 Å². The summed E-state index contributed by atoms with van der Waals surface area (Å²) < 4.78 is 0. The first kappa shape index (κ1) is 19.5. The number of anilines is 1. The number of likely N-dealkylation sites (tertiary alicyclic amines) is 1. The molecule has 29 heavy (non-hydrogen) atoms. The maximum Gasteiger partial charge on any atom is 0.317 e. The Morgan fingerprint density at radius 3 is 2.48 bits per heavy atom. The van der Waals surface area contributed by atoms with Crippen LogP contribution in [-0.2, 0) is 24.2 Å². The molecule has 1 heterocycles. The molecule has 4 rings (SSSR count). The topological polar surface area (TPSA) is 61.4 Å². The van der Waals surface area contributed by atoms with Gasteiger partial charge in [0.1, 0.15) is 0 Å². The Labute approximate surface area is 172 Å². The van der Waals surface area contributed by atoms with Crippen LogP contribution in [0, 0.1) is 5.92 Å². The highest BCUT2D eigenvalue weighted by atomic mass is 16.2. The molecule has 1 aliphatic carbocycles. The second kappa shape index (κ2) is 9.12. The fourth-order valence-corrected chi connectivity index (χ4v) is 4.36. The van der Waals surface area contributed by atoms with Crippen LogP contribution in [0.3, 0.4) is 0 Å². The first-order valence-corrected chi connectivity index (χ1v) is 10.7. The van der Waals surface area contributed by atoms with E-state index in [-0.39, 0.29) is 17.9 Å². The zero-order chi connectivity index (χ0) is 20.1. The number of fused-ring (bicyclic) bond motifs is 1. The number of urea groups is 1. The number of amides is 3. The first-order chi connectivity index (χ1) is 14.2. The highest BCUT2D eigenvalue weighted by Crippen LogP contribution is 2.29. The minimum absolute atomic E-state index is 0.0346. The number of hydrogen-bond acceptors (Lipinski definition) is 2. The summed E-state index contributed by atoms with van der Waals surface area (Å²) in [5.41, 5.74) is 4.75. The van der Waals surface area contributed by atoms with Crippen molar-refractivity contribution >= 4 is 17.6 Å². The molecule has 2 aromatic rings. The molecule has 1 aliphatic heterocycles. The summed E-state index contributed by atoms with van der Waals surface area (Å²) in [6.45, 7) is 1.76. The van der Waals surface area contributed by atoms with Gasteiger partial charge in [-0.15, -0.1) is 0 Å². The van der Waals surface area contributed by atoms with E-state index in [0.29, 0.717) is 32.5 Å². The summed E-state index contributed by atoms with van der Waals surface area (Å²) >= 11 is 0. The van der Waals surface area contributed by atoms with Crippen molar-refractivity contribution in [1.82, 2.24) is 10.2 Å². The lowest BCUT2D eigenvalue weighted by atomic mass is 9.90. The van der Waals surface area contributed by atoms with E-state index in [4.69, 9.17) is 0 Å². The molecule has 0 spiro atoms. The van der Waals surface area contributed by atoms with Crippen LogP contribution in [0.4, 0.5) is 10.5 Å². The number of carbonyl (C=O) groups excluding carboxylic acids is 2. The third-order valence-corrected chi connectivity index (χ3v) is 6.09. The van der Waals surface area contributed by atoms with Crippen LogP contribution < -0.4 is 10.6 Å². The Balaban J connectivity index is 1.27. The molecule has 1 fully saturated rings. The molecule has 5 heteroatoms. The van der Waals surface area contributed by atoms with Crippen LogP contribution in [-0.4, -0.2) is 29.9 Å². The van der Waals surface area contributed by atoms with Gasteiger partial charge in [-0.2, -0.15) is 0 Å². The van der Waals surface area contributed by atoms with Crippen molar-refractivity contribution in [3.8, 4) is 0 Å². The van der Waals surface area contributed by atoms with E-state index >= 15 is 0 Å². The normalized spacial score (nSPS) is 16.8. The molecule has 3 amide bonds. The highest BCUT2D eigenvalue weighted by molar-refractivity contribution is 5.93. The van der Waals surface area contributed by atoms with E-state index in [1.54, 1.807) is 0 Å². The standard InChI is InChI=1S/C24H29N3O2/c28-23(26-22-12-6-10-19-9-4-5-11-21(19)22)20-13-15-27(16-14-20)24(29)25-17-18-7-2-1-3-8-18/h1-3,6-8,10,12,20H,4-5,9,11,13-17H2,(H,25,29)(H,26,28). The molecule has 152 valence electrons. The molecule has 2 aromatic carbocycles. The second-order valence-electron chi connectivity index (χ2n) is 8.05. The number of piperidine rings is 1. The van der Waals surface area contributed by atoms with Gasteiger partial charge in [0.05, 0.1) is 0 Å². The Bertz CT molecular complexity index is 858. The summed E-state index contributed by atoms with van der Waals surface area (Å²) in [6.07, 6.45) is 5.99. The Kier molecular flexibility index (Phi) is 6.13. The van der Waals surface area contributed by atoms with Gasteiger partial charge in [0.15, 0.2) is 0 Å². The number of nitrogens with zero attached hydrogens (tertiary/aromatic N) is 1. The van der Waals surface area contributed by atoms with Crippen molar-refractivity contribution in [1.29, 1.82) is 0 Å². The van der Waals surface area contributed by atoms with Crippen LogP contribution in [0.1, 0.15) is 42.4 Å². The Morgan fingerprint density at radius 1 is 0.931 bits per heavy atom. The van der Waals surface area contributed by atoms with E-state index in [9.17, 15) is 9.59 Å². The molecule has 5 nitrogen and oxygen atoms in total. The quantitative estimate of drug-likeness (QED) is 0.823. The van der Waals surface area contributed by atoms with Crippen LogP contribution in [0.2, 0.25) is 0 Å². The zero-order valence-corrected chi connectivity index (χ0v) is 16.8. The summed E-state index contributed by atoms with van der Waals surface area (Å²) in [6, 6.07) is 16.1. The number of carbonyl (C=O) groups is 2. The third kappa shape index (κ3) is 4.78. The molecule has 0 bridgehead atoms. The van der Waals surface area contributed by atoms with E-state index in [0.717, 1.165) is 24.1 Å². The summed E-state index contributed by atoms with van der Waals surface area (Å²) in [4.78, 5) is 27.0. The van der Waals surface area contributed by atoms with Crippen molar-refractivity contribution < 1.29 is 9.59 Å². The van der Waals surface area contributed by atoms with E-state index < -0.39 is 0 Å². The summed E-state index contributed by atoms with van der Waals surface area (Å²) in [7, 11) is 0. The zero-order valence-electron chi connectivity index (χ0n) is 16.8. The predicted molar refractivity (Wildman–Crippen MR) is 115 cm³/mol. The molecular weight excluding hydrogens is 362 g/mol. The number of nitrogens with one attached hydrogen (secondary N) is 2. The van der Waals surface area contributed by atoms with Gasteiger partial charge in [0.2, 0.25) is 5.91 Å². The summed E-state index contributed by atoms with van der Waals surface area (Å²) in [5.74, 6) is 0.0564. The monoisotopic (exact) mass is 391 g/mol. The van der Waals surface area contributed by atoms with Gasteiger partial charge in [-0.3, -0.25) is 4.79 Å². The van der Waals surface area contributed by atoms with Crippen LogP contribution >= 0.6 is 0 Å². The van der Waals surface area contributed by atoms with Crippen molar-refractivity contribution in [2.75, 3.05) is 18.4 Å². The van der Waals surface area contributed by atoms with Gasteiger partial charge < -0.3 is 15.5 Å². The smallest absolute Gasteiger partial charge is 0.317 e. The molecular formula is C24H29N3O2. The van der Waals surface area contributed by atoms with Crippen LogP contribution in [0.25, 0.3) is 0 Å². The fourth-order valence-electron chi connectivity index (χ4n) is 4.36. The van der Waals surface area contributed by atoms with Crippen molar-refractivity contribution in [3.05, 3.63) is 65.2 Å². The molecule has 2 N–H and O–H groups in total. The molecule has 0 radical (unpaired) electrons. The van der Waals surface area contributed by atoms with Crippen LogP contribution in [0.5, 0.6) is 0 Å². The molecule has 2 aliphatic rings. The van der Waals surface area contributed by atoms with Crippen molar-refractivity contribution in [3.63, 3.8) is 0 Å². The van der Waals surface area contributed by atoms with Gasteiger partial charge in [-0.25, -0.2) is 4.79 Å². The fraction of sp³-hybridized carbons (Fsp3) is 0.417. The SMILES string of the molecule is O=C(Nc1cccc2c1CCCC2)C1CCN(C(=O)NCc2ccccc2)CC1. The lowest BCUT2D eigenvalue weighted by Crippen LogP contribution is -2.45. The average Bonchev–Trinajstić information content (AvgIpc) is 2.78. The molecule has 1 saturated heterocycles. The maximum absolute atomic E-state index is 12.8. The first-order valence-electron chi connectivity index (χ1n) is 10.7. The van der Waals surface area contributed by atoms with E-state index in [1.165, 1.54) is 24.0 Å². The summed E-state index contributed by atoms with van der Waals surface area (Å²) in [5, 5.41) is 6.15. The largest absolute Gasteiger partial charge is 0.334 e. The lowest BCUT2D eigenvalue weighted by Gasteiger charge is -2.31. The van der Waals surface area contributed by atoms with E-state index in [1.807, 2.05) is 47.4 Å². The molecule has 0 unspecified atom stereocenters. The second-order valence-corrected chi connectivity index (χ2v) is 8.05. The Morgan fingerprint density at radius 2 is 1.69 bits per heavy atom. The molecule has 0 aromatic heterocycles. The Hall–Kier alpha value is -2.82. The van der Waals surface area contributed by atoms with Crippen molar-refractivity contribution in [2.24, 2.45) is 5.92 Å². The minimum atomic E-state index is -0.0511. The lowest BCUT2D eigenvalue weighted by molar-refractivity contribution is -0.121.